The zero-order valence-electron chi connectivity index (χ0n) is 24.8. The lowest BCUT2D eigenvalue weighted by atomic mass is 10.0. The van der Waals surface area contributed by atoms with Crippen LogP contribution in [-0.4, -0.2) is 44.3 Å². The van der Waals surface area contributed by atoms with E-state index in [-0.39, 0.29) is 34.5 Å². The second kappa shape index (κ2) is 15.4. The summed E-state index contributed by atoms with van der Waals surface area (Å²) in [7, 11) is -4.68. The highest BCUT2D eigenvalue weighted by Gasteiger charge is 2.37. The van der Waals surface area contributed by atoms with E-state index in [1.807, 2.05) is 0 Å². The molecule has 0 radical (unpaired) electrons. The van der Waals surface area contributed by atoms with Crippen LogP contribution in [-0.2, 0) is 38.8 Å². The Morgan fingerprint density at radius 2 is 1.49 bits per heavy atom. The molecule has 0 spiro atoms. The van der Waals surface area contributed by atoms with Crippen LogP contribution in [0.3, 0.4) is 0 Å². The van der Waals surface area contributed by atoms with Crippen LogP contribution in [0.5, 0.6) is 0 Å². The zero-order valence-corrected chi connectivity index (χ0v) is 27.9. The summed E-state index contributed by atoms with van der Waals surface area (Å²) in [5, 5.41) is 2.87. The molecule has 0 bridgehead atoms. The molecule has 0 heterocycles. The van der Waals surface area contributed by atoms with E-state index in [2.05, 4.69) is 5.32 Å². The number of likely N-dealkylation sites (N-methyl/N-ethyl adjacent to an activating group) is 1. The molecule has 47 heavy (non-hydrogen) atoms. The van der Waals surface area contributed by atoms with Crippen LogP contribution >= 0.6 is 34.8 Å². The van der Waals surface area contributed by atoms with Gasteiger partial charge in [-0.1, -0.05) is 89.4 Å². The van der Waals surface area contributed by atoms with E-state index in [0.29, 0.717) is 32.6 Å². The highest BCUT2D eigenvalue weighted by Crippen LogP contribution is 2.37. The number of sulfonamides is 1. The number of carbonyl (C=O) groups is 2. The van der Waals surface area contributed by atoms with Crippen molar-refractivity contribution in [3.05, 3.63) is 129 Å². The van der Waals surface area contributed by atoms with Crippen LogP contribution in [0.15, 0.2) is 102 Å². The average Bonchev–Trinajstić information content (AvgIpc) is 3.03. The Labute approximate surface area is 285 Å². The number of nitrogens with zero attached hydrogens (tertiary/aromatic N) is 2. The molecule has 0 aliphatic heterocycles. The van der Waals surface area contributed by atoms with Gasteiger partial charge in [0.2, 0.25) is 11.8 Å². The third kappa shape index (κ3) is 8.98. The number of rotatable bonds is 12. The maximum Gasteiger partial charge on any atom is 0.416 e. The average molecular weight is 727 g/mol. The van der Waals surface area contributed by atoms with Crippen molar-refractivity contribution in [2.24, 2.45) is 0 Å². The van der Waals surface area contributed by atoms with Gasteiger partial charge < -0.3 is 10.2 Å². The Kier molecular flexibility index (Phi) is 11.8. The predicted molar refractivity (Wildman–Crippen MR) is 177 cm³/mol. The molecule has 4 rings (SSSR count). The zero-order chi connectivity index (χ0) is 34.4. The third-order valence-electron chi connectivity index (χ3n) is 7.13. The molecule has 7 nitrogen and oxygen atoms in total. The van der Waals surface area contributed by atoms with Crippen molar-refractivity contribution in [3.8, 4) is 0 Å². The lowest BCUT2D eigenvalue weighted by molar-refractivity contribution is -0.140. The van der Waals surface area contributed by atoms with Gasteiger partial charge in [0, 0.05) is 29.6 Å². The molecule has 1 N–H and O–H groups in total. The summed E-state index contributed by atoms with van der Waals surface area (Å²) < 4.78 is 70.0. The first-order valence-corrected chi connectivity index (χ1v) is 16.8. The van der Waals surface area contributed by atoms with Gasteiger partial charge in [0.1, 0.15) is 12.6 Å². The van der Waals surface area contributed by atoms with Crippen molar-refractivity contribution >= 4 is 62.3 Å². The quantitative estimate of drug-likeness (QED) is 0.163. The number of hydrogen-bond donors (Lipinski definition) is 1. The topological polar surface area (TPSA) is 86.8 Å². The lowest BCUT2D eigenvalue weighted by Gasteiger charge is -2.34. The molecule has 14 heteroatoms. The van der Waals surface area contributed by atoms with E-state index >= 15 is 0 Å². The number of benzene rings is 4. The number of anilines is 1. The molecule has 0 aliphatic rings. The third-order valence-corrected chi connectivity index (χ3v) is 9.81. The van der Waals surface area contributed by atoms with Gasteiger partial charge in [-0.05, 0) is 60.5 Å². The van der Waals surface area contributed by atoms with Crippen molar-refractivity contribution < 1.29 is 31.2 Å². The molecule has 0 saturated carbocycles. The van der Waals surface area contributed by atoms with Gasteiger partial charge in [0.05, 0.1) is 21.2 Å². The number of halogens is 6. The minimum atomic E-state index is -4.85. The van der Waals surface area contributed by atoms with E-state index in [9.17, 15) is 31.2 Å². The molecule has 248 valence electrons. The van der Waals surface area contributed by atoms with Crippen LogP contribution in [0.4, 0.5) is 18.9 Å². The van der Waals surface area contributed by atoms with Crippen LogP contribution in [0.25, 0.3) is 0 Å². The first kappa shape index (κ1) is 36.1. The molecule has 0 aliphatic carbocycles. The minimum Gasteiger partial charge on any atom is -0.355 e. The molecule has 1 atom stereocenters. The van der Waals surface area contributed by atoms with E-state index in [0.717, 1.165) is 11.0 Å². The second-order valence-corrected chi connectivity index (χ2v) is 13.5. The van der Waals surface area contributed by atoms with Gasteiger partial charge in [0.15, 0.2) is 0 Å². The normalized spacial score (nSPS) is 12.3. The summed E-state index contributed by atoms with van der Waals surface area (Å²) in [5.74, 6) is -1.44. The Hall–Kier alpha value is -3.77. The standard InChI is InChI=1S/C33H29Cl3F3N3O4S/c1-2-40-32(44)30(17-22-9-5-3-6-10-22)41(20-23-13-15-25(34)19-28(23)36)31(43)21-42(47(45,46)26-11-7-4-8-12-26)29-18-24(33(37,38)39)14-16-27(29)35/h3-16,18-19,30H,2,17,20-21H2,1H3,(H,40,44). The molecule has 0 saturated heterocycles. The van der Waals surface area contributed by atoms with Crippen molar-refractivity contribution in [1.82, 2.24) is 10.2 Å². The summed E-state index contributed by atoms with van der Waals surface area (Å²) >= 11 is 18.9. The summed E-state index contributed by atoms with van der Waals surface area (Å²) in [6, 6.07) is 21.3. The smallest absolute Gasteiger partial charge is 0.355 e. The second-order valence-electron chi connectivity index (χ2n) is 10.3. The number of amides is 2. The summed E-state index contributed by atoms with van der Waals surface area (Å²) in [6.45, 7) is 0.652. The van der Waals surface area contributed by atoms with Gasteiger partial charge in [-0.3, -0.25) is 13.9 Å². The van der Waals surface area contributed by atoms with E-state index in [1.54, 1.807) is 49.4 Å². The highest BCUT2D eigenvalue weighted by molar-refractivity contribution is 7.92. The first-order chi connectivity index (χ1) is 22.2. The Morgan fingerprint density at radius 3 is 2.09 bits per heavy atom. The Bertz CT molecular complexity index is 1830. The number of nitrogens with one attached hydrogen (secondary N) is 1. The predicted octanol–water partition coefficient (Wildman–Crippen LogP) is 7.64. The summed E-state index contributed by atoms with van der Waals surface area (Å²) in [4.78, 5) is 28.9. The number of alkyl halides is 3. The van der Waals surface area contributed by atoms with Gasteiger partial charge in [-0.15, -0.1) is 0 Å². The number of hydrogen-bond acceptors (Lipinski definition) is 4. The molecule has 2 amide bonds. The molecule has 1 unspecified atom stereocenters. The Balaban J connectivity index is 1.88. The Morgan fingerprint density at radius 1 is 0.851 bits per heavy atom. The van der Waals surface area contributed by atoms with Gasteiger partial charge in [-0.2, -0.15) is 13.2 Å². The fraction of sp³-hybridized carbons (Fsp3) is 0.212. The lowest BCUT2D eigenvalue weighted by Crippen LogP contribution is -2.53. The van der Waals surface area contributed by atoms with Crippen molar-refractivity contribution in [2.75, 3.05) is 17.4 Å². The van der Waals surface area contributed by atoms with Gasteiger partial charge >= 0.3 is 6.18 Å². The van der Waals surface area contributed by atoms with Crippen molar-refractivity contribution in [1.29, 1.82) is 0 Å². The highest BCUT2D eigenvalue weighted by atomic mass is 35.5. The van der Waals surface area contributed by atoms with Gasteiger partial charge in [0.25, 0.3) is 10.0 Å². The van der Waals surface area contributed by atoms with E-state index in [4.69, 9.17) is 34.8 Å². The van der Waals surface area contributed by atoms with Crippen molar-refractivity contribution in [3.63, 3.8) is 0 Å². The molecular weight excluding hydrogens is 698 g/mol. The molecule has 4 aromatic carbocycles. The van der Waals surface area contributed by atoms with Crippen LogP contribution in [0.1, 0.15) is 23.6 Å². The van der Waals surface area contributed by atoms with Crippen LogP contribution < -0.4 is 9.62 Å². The van der Waals surface area contributed by atoms with E-state index in [1.165, 1.54) is 36.4 Å². The molecular formula is C33H29Cl3F3N3O4S. The van der Waals surface area contributed by atoms with Crippen LogP contribution in [0, 0.1) is 0 Å². The van der Waals surface area contributed by atoms with Crippen LogP contribution in [0.2, 0.25) is 15.1 Å². The fourth-order valence-electron chi connectivity index (χ4n) is 4.79. The maximum atomic E-state index is 14.4. The van der Waals surface area contributed by atoms with E-state index < -0.39 is 51.9 Å². The molecule has 0 fully saturated rings. The monoisotopic (exact) mass is 725 g/mol. The molecule has 0 aromatic heterocycles. The molecule has 4 aromatic rings. The SMILES string of the molecule is CCNC(=O)C(Cc1ccccc1)N(Cc1ccc(Cl)cc1Cl)C(=O)CN(c1cc(C(F)(F)F)ccc1Cl)S(=O)(=O)c1ccccc1. The first-order valence-electron chi connectivity index (χ1n) is 14.2. The summed E-state index contributed by atoms with van der Waals surface area (Å²) in [5.41, 5.74) is -0.660. The minimum absolute atomic E-state index is 0.0272. The fourth-order valence-corrected chi connectivity index (χ4v) is 6.98. The van der Waals surface area contributed by atoms with Crippen molar-refractivity contribution in [2.45, 2.75) is 37.0 Å². The largest absolute Gasteiger partial charge is 0.416 e. The maximum absolute atomic E-state index is 14.4. The van der Waals surface area contributed by atoms with Gasteiger partial charge in [-0.25, -0.2) is 8.42 Å². The number of carbonyl (C=O) groups excluding carboxylic acids is 2. The summed E-state index contributed by atoms with van der Waals surface area (Å²) in [6.07, 6.45) is -4.82.